The number of nitrogens with one attached hydrogen (secondary N) is 1. The predicted octanol–water partition coefficient (Wildman–Crippen LogP) is 1.90. The van der Waals surface area contributed by atoms with Crippen molar-refractivity contribution in [3.05, 3.63) is 34.3 Å². The second-order valence-corrected chi connectivity index (χ2v) is 5.65. The third-order valence-electron chi connectivity index (χ3n) is 2.70. The summed E-state index contributed by atoms with van der Waals surface area (Å²) in [7, 11) is 1.52. The molecule has 5 heteroatoms. The molecule has 0 saturated carbocycles. The molecule has 0 fully saturated rings. The smallest absolute Gasteiger partial charge is 0.220 e. The van der Waals surface area contributed by atoms with E-state index in [0.717, 1.165) is 10.0 Å². The zero-order chi connectivity index (χ0) is 14.3. The van der Waals surface area contributed by atoms with Gasteiger partial charge in [-0.05, 0) is 25.0 Å². The molecule has 0 aliphatic heterocycles. The third kappa shape index (κ3) is 6.18. The molecule has 0 radical (unpaired) electrons. The van der Waals surface area contributed by atoms with E-state index in [9.17, 15) is 9.90 Å². The molecule has 106 valence electrons. The summed E-state index contributed by atoms with van der Waals surface area (Å²) in [6, 6.07) is 7.83. The number of ether oxygens (including phenoxy) is 1. The van der Waals surface area contributed by atoms with Gasteiger partial charge in [-0.25, -0.2) is 0 Å². The summed E-state index contributed by atoms with van der Waals surface area (Å²) in [5.41, 5.74) is 0.0684. The van der Waals surface area contributed by atoms with Crippen molar-refractivity contribution in [2.45, 2.75) is 25.4 Å². The van der Waals surface area contributed by atoms with Gasteiger partial charge in [0.1, 0.15) is 5.60 Å². The Bertz CT molecular complexity index is 421. The highest BCUT2D eigenvalue weighted by Crippen LogP contribution is 2.17. The molecule has 0 aliphatic carbocycles. The zero-order valence-corrected chi connectivity index (χ0v) is 12.9. The van der Waals surface area contributed by atoms with Crippen LogP contribution >= 0.6 is 15.9 Å². The number of aryl methyl sites for hydroxylation is 1. The molecule has 1 aromatic rings. The van der Waals surface area contributed by atoms with E-state index in [4.69, 9.17) is 4.74 Å². The Morgan fingerprint density at radius 3 is 2.79 bits per heavy atom. The van der Waals surface area contributed by atoms with Gasteiger partial charge >= 0.3 is 0 Å². The lowest BCUT2D eigenvalue weighted by Crippen LogP contribution is -2.43. The van der Waals surface area contributed by atoms with Crippen LogP contribution in [-0.4, -0.2) is 36.9 Å². The molecule has 0 heterocycles. The van der Waals surface area contributed by atoms with E-state index < -0.39 is 5.60 Å². The van der Waals surface area contributed by atoms with Gasteiger partial charge in [-0.2, -0.15) is 0 Å². The van der Waals surface area contributed by atoms with Crippen molar-refractivity contribution in [3.63, 3.8) is 0 Å². The molecular formula is C14H20BrNO3. The van der Waals surface area contributed by atoms with Gasteiger partial charge in [0.15, 0.2) is 0 Å². The summed E-state index contributed by atoms with van der Waals surface area (Å²) in [5.74, 6) is -0.0767. The van der Waals surface area contributed by atoms with Crippen LogP contribution in [0.15, 0.2) is 28.7 Å². The number of methoxy groups -OCH3 is 1. The Kier molecular flexibility index (Phi) is 6.48. The number of hydrogen-bond acceptors (Lipinski definition) is 3. The van der Waals surface area contributed by atoms with Gasteiger partial charge in [0, 0.05) is 24.5 Å². The Hall–Kier alpha value is -0.910. The standard InChI is InChI=1S/C14H20BrNO3/c1-14(18,10-19-2)9-16-13(17)8-7-11-5-3-4-6-12(11)15/h3-6,18H,7-10H2,1-2H3,(H,16,17)/t14-/m1/s1. The van der Waals surface area contributed by atoms with E-state index >= 15 is 0 Å². The maximum absolute atomic E-state index is 11.7. The van der Waals surface area contributed by atoms with E-state index in [1.807, 2.05) is 24.3 Å². The van der Waals surface area contributed by atoms with Gasteiger partial charge in [-0.1, -0.05) is 34.1 Å². The Labute approximate surface area is 122 Å². The molecule has 2 N–H and O–H groups in total. The van der Waals surface area contributed by atoms with Crippen LogP contribution in [0.4, 0.5) is 0 Å². The van der Waals surface area contributed by atoms with Crippen LogP contribution in [-0.2, 0) is 16.0 Å². The van der Waals surface area contributed by atoms with Crippen molar-refractivity contribution in [1.82, 2.24) is 5.32 Å². The van der Waals surface area contributed by atoms with E-state index in [1.165, 1.54) is 7.11 Å². The lowest BCUT2D eigenvalue weighted by molar-refractivity contribution is -0.122. The highest BCUT2D eigenvalue weighted by atomic mass is 79.9. The minimum absolute atomic E-state index is 0.0767. The van der Waals surface area contributed by atoms with Crippen molar-refractivity contribution in [2.75, 3.05) is 20.3 Å². The predicted molar refractivity (Wildman–Crippen MR) is 78.0 cm³/mol. The van der Waals surface area contributed by atoms with Crippen LogP contribution in [0.3, 0.4) is 0 Å². The van der Waals surface area contributed by atoms with Gasteiger partial charge in [-0.15, -0.1) is 0 Å². The minimum atomic E-state index is -1.03. The Balaban J connectivity index is 2.35. The SMILES string of the molecule is COC[C@](C)(O)CNC(=O)CCc1ccccc1Br. The number of amides is 1. The second kappa shape index (κ2) is 7.62. The number of rotatable bonds is 7. The number of hydrogen-bond donors (Lipinski definition) is 2. The topological polar surface area (TPSA) is 58.6 Å². The van der Waals surface area contributed by atoms with Crippen molar-refractivity contribution < 1.29 is 14.6 Å². The molecular weight excluding hydrogens is 310 g/mol. The number of halogens is 1. The molecule has 1 rings (SSSR count). The van der Waals surface area contributed by atoms with E-state index in [-0.39, 0.29) is 19.1 Å². The number of benzene rings is 1. The highest BCUT2D eigenvalue weighted by molar-refractivity contribution is 9.10. The number of carbonyl (C=O) groups is 1. The van der Waals surface area contributed by atoms with Crippen LogP contribution < -0.4 is 5.32 Å². The maximum atomic E-state index is 11.7. The summed E-state index contributed by atoms with van der Waals surface area (Å²) in [4.78, 5) is 11.7. The van der Waals surface area contributed by atoms with Crippen molar-refractivity contribution in [2.24, 2.45) is 0 Å². The quantitative estimate of drug-likeness (QED) is 0.803. The fourth-order valence-electron chi connectivity index (χ4n) is 1.69. The maximum Gasteiger partial charge on any atom is 0.220 e. The van der Waals surface area contributed by atoms with Crippen molar-refractivity contribution in [1.29, 1.82) is 0 Å². The van der Waals surface area contributed by atoms with Gasteiger partial charge in [0.05, 0.1) is 6.61 Å². The normalized spacial score (nSPS) is 13.9. The van der Waals surface area contributed by atoms with Crippen LogP contribution in [0.2, 0.25) is 0 Å². The fraction of sp³-hybridized carbons (Fsp3) is 0.500. The van der Waals surface area contributed by atoms with Gasteiger partial charge in [-0.3, -0.25) is 4.79 Å². The van der Waals surface area contributed by atoms with E-state index in [2.05, 4.69) is 21.2 Å². The Morgan fingerprint density at radius 2 is 2.16 bits per heavy atom. The number of aliphatic hydroxyl groups is 1. The Morgan fingerprint density at radius 1 is 1.47 bits per heavy atom. The van der Waals surface area contributed by atoms with E-state index in [1.54, 1.807) is 6.92 Å². The van der Waals surface area contributed by atoms with Crippen LogP contribution in [0.25, 0.3) is 0 Å². The largest absolute Gasteiger partial charge is 0.386 e. The lowest BCUT2D eigenvalue weighted by Gasteiger charge is -2.22. The van der Waals surface area contributed by atoms with Crippen molar-refractivity contribution >= 4 is 21.8 Å². The summed E-state index contributed by atoms with van der Waals surface area (Å²) >= 11 is 3.45. The molecule has 1 amide bonds. The summed E-state index contributed by atoms with van der Waals surface area (Å²) < 4.78 is 5.88. The second-order valence-electron chi connectivity index (χ2n) is 4.80. The molecule has 0 spiro atoms. The summed E-state index contributed by atoms with van der Waals surface area (Å²) in [5, 5.41) is 12.6. The molecule has 0 saturated heterocycles. The van der Waals surface area contributed by atoms with Crippen LogP contribution in [0, 0.1) is 0 Å². The summed E-state index contributed by atoms with van der Waals surface area (Å²) in [6.45, 7) is 2.01. The fourth-order valence-corrected chi connectivity index (χ4v) is 2.17. The monoisotopic (exact) mass is 329 g/mol. The van der Waals surface area contributed by atoms with Crippen molar-refractivity contribution in [3.8, 4) is 0 Å². The molecule has 0 aromatic heterocycles. The van der Waals surface area contributed by atoms with Gasteiger partial charge in [0.2, 0.25) is 5.91 Å². The first-order chi connectivity index (χ1) is 8.94. The number of carbonyl (C=O) groups excluding carboxylic acids is 1. The molecule has 1 atom stereocenters. The van der Waals surface area contributed by atoms with E-state index in [0.29, 0.717) is 12.8 Å². The first-order valence-corrected chi connectivity index (χ1v) is 6.95. The zero-order valence-electron chi connectivity index (χ0n) is 11.3. The first-order valence-electron chi connectivity index (χ1n) is 6.16. The average Bonchev–Trinajstić information content (AvgIpc) is 2.35. The molecule has 0 bridgehead atoms. The summed E-state index contributed by atoms with van der Waals surface area (Å²) in [6.07, 6.45) is 1.06. The average molecular weight is 330 g/mol. The van der Waals surface area contributed by atoms with Gasteiger partial charge < -0.3 is 15.2 Å². The van der Waals surface area contributed by atoms with Crippen LogP contribution in [0.5, 0.6) is 0 Å². The molecule has 0 unspecified atom stereocenters. The molecule has 1 aromatic carbocycles. The minimum Gasteiger partial charge on any atom is -0.386 e. The molecule has 0 aliphatic rings. The molecule has 4 nitrogen and oxygen atoms in total. The first kappa shape index (κ1) is 16.1. The molecule has 19 heavy (non-hydrogen) atoms. The van der Waals surface area contributed by atoms with Crippen LogP contribution in [0.1, 0.15) is 18.9 Å². The lowest BCUT2D eigenvalue weighted by atomic mass is 10.1. The van der Waals surface area contributed by atoms with Gasteiger partial charge in [0.25, 0.3) is 0 Å². The highest BCUT2D eigenvalue weighted by Gasteiger charge is 2.20. The third-order valence-corrected chi connectivity index (χ3v) is 3.47.